The number of ether oxygens (including phenoxy) is 1. The van der Waals surface area contributed by atoms with Crippen LogP contribution in [0.2, 0.25) is 0 Å². The number of amides is 3. The van der Waals surface area contributed by atoms with Crippen LogP contribution in [-0.2, 0) is 25.5 Å². The zero-order valence-corrected chi connectivity index (χ0v) is 32.0. The summed E-state index contributed by atoms with van der Waals surface area (Å²) < 4.78 is 5.79. The number of nitrogens with one attached hydrogen (secondary N) is 2. The third-order valence-corrected chi connectivity index (χ3v) is 10.9. The Bertz CT molecular complexity index is 1390. The van der Waals surface area contributed by atoms with E-state index in [0.29, 0.717) is 24.3 Å². The van der Waals surface area contributed by atoms with E-state index in [1.807, 2.05) is 72.0 Å². The number of aliphatic hydroxyl groups is 1. The van der Waals surface area contributed by atoms with Crippen LogP contribution in [-0.4, -0.2) is 95.0 Å². The quantitative estimate of drug-likeness (QED) is 0.184. The average molecular weight is 714 g/mol. The van der Waals surface area contributed by atoms with Crippen molar-refractivity contribution in [1.82, 2.24) is 25.4 Å². The molecule has 1 fully saturated rings. The summed E-state index contributed by atoms with van der Waals surface area (Å²) in [6.45, 7) is 12.1. The van der Waals surface area contributed by atoms with Crippen molar-refractivity contribution in [3.8, 4) is 0 Å². The van der Waals surface area contributed by atoms with Gasteiger partial charge in [-0.1, -0.05) is 77.8 Å². The van der Waals surface area contributed by atoms with Crippen LogP contribution in [0, 0.1) is 17.8 Å². The molecule has 1 saturated heterocycles. The van der Waals surface area contributed by atoms with Gasteiger partial charge in [0.05, 0.1) is 6.04 Å². The number of aromatic nitrogens is 1. The number of carbonyl (C=O) groups excluding carboxylic acids is 4. The minimum Gasteiger partial charge on any atom is -0.455 e. The molecule has 3 amide bonds. The maximum atomic E-state index is 14.2. The first-order valence-corrected chi connectivity index (χ1v) is 19.0. The number of rotatable bonds is 18. The summed E-state index contributed by atoms with van der Waals surface area (Å²) in [7, 11) is 3.70. The number of nitrogens with zero attached hydrogens (tertiary/aromatic N) is 3. The molecule has 11 nitrogen and oxygen atoms in total. The predicted octanol–water partition coefficient (Wildman–Crippen LogP) is 5.00. The van der Waals surface area contributed by atoms with E-state index in [9.17, 15) is 24.3 Å². The lowest BCUT2D eigenvalue weighted by molar-refractivity contribution is -0.149. The van der Waals surface area contributed by atoms with Crippen molar-refractivity contribution >= 4 is 35.0 Å². The van der Waals surface area contributed by atoms with Crippen LogP contribution in [0.5, 0.6) is 0 Å². The van der Waals surface area contributed by atoms with Gasteiger partial charge in [-0.15, -0.1) is 11.3 Å². The van der Waals surface area contributed by atoms with E-state index in [4.69, 9.17) is 4.74 Å². The third-order valence-electron chi connectivity index (χ3n) is 9.92. The molecule has 2 heterocycles. The molecule has 12 heteroatoms. The highest BCUT2D eigenvalue weighted by molar-refractivity contribution is 7.09. The monoisotopic (exact) mass is 713 g/mol. The molecule has 2 aromatic rings. The second-order valence-corrected chi connectivity index (χ2v) is 15.3. The fourth-order valence-corrected chi connectivity index (χ4v) is 7.51. The van der Waals surface area contributed by atoms with E-state index < -0.39 is 18.1 Å². The van der Waals surface area contributed by atoms with Crippen LogP contribution in [0.4, 0.5) is 0 Å². The van der Waals surface area contributed by atoms with Crippen LogP contribution in [0.25, 0.3) is 0 Å². The lowest BCUT2D eigenvalue weighted by Gasteiger charge is -2.38. The standard InChI is InChI=1S/C38H59N5O6S/c1-9-26(5)34(41-36(47)31-17-13-14-18-42(31)7)38(48)43(8)32(24(2)3)21-33(49-27(6)45)37-40-30(23-50-37)35(46)39-29(19-25(4)22-44)20-28-15-11-10-12-16-28/h10-12,15-16,23-26,29,31-34,44H,9,13-14,17-22H2,1-8H3,(H,39,46)(H,41,47)/t25-,26-,29+,31?,32+,33+,34?/m0/s1. The lowest BCUT2D eigenvalue weighted by Crippen LogP contribution is -2.58. The van der Waals surface area contributed by atoms with Crippen LogP contribution < -0.4 is 10.6 Å². The summed E-state index contributed by atoms with van der Waals surface area (Å²) in [5.74, 6) is -1.26. The van der Waals surface area contributed by atoms with Gasteiger partial charge in [-0.05, 0) is 62.6 Å². The van der Waals surface area contributed by atoms with Crippen LogP contribution in [0.15, 0.2) is 35.7 Å². The maximum Gasteiger partial charge on any atom is 0.303 e. The fraction of sp³-hybridized carbons (Fsp3) is 0.658. The lowest BCUT2D eigenvalue weighted by atomic mass is 9.92. The Morgan fingerprint density at radius 3 is 2.38 bits per heavy atom. The number of likely N-dealkylation sites (N-methyl/N-ethyl adjacent to an activating group) is 2. The smallest absolute Gasteiger partial charge is 0.303 e. The third kappa shape index (κ3) is 11.9. The molecule has 0 radical (unpaired) electrons. The van der Waals surface area contributed by atoms with E-state index in [-0.39, 0.29) is 72.3 Å². The number of hydrogen-bond donors (Lipinski definition) is 3. The summed E-state index contributed by atoms with van der Waals surface area (Å²) in [6.07, 6.45) is 4.19. The average Bonchev–Trinajstić information content (AvgIpc) is 3.59. The molecule has 0 bridgehead atoms. The fourth-order valence-electron chi connectivity index (χ4n) is 6.67. The van der Waals surface area contributed by atoms with E-state index in [0.717, 1.165) is 31.4 Å². The second kappa shape index (κ2) is 19.9. The van der Waals surface area contributed by atoms with E-state index in [1.54, 1.807) is 17.3 Å². The summed E-state index contributed by atoms with van der Waals surface area (Å²) in [5.41, 5.74) is 1.29. The van der Waals surface area contributed by atoms with E-state index >= 15 is 0 Å². The number of likely N-dealkylation sites (tertiary alicyclic amines) is 1. The van der Waals surface area contributed by atoms with Gasteiger partial charge in [0.25, 0.3) is 5.91 Å². The Balaban J connectivity index is 1.80. The Morgan fingerprint density at radius 2 is 1.78 bits per heavy atom. The first kappa shape index (κ1) is 41.1. The van der Waals surface area contributed by atoms with Gasteiger partial charge in [0.15, 0.2) is 6.10 Å². The normalized spacial score (nSPS) is 18.7. The van der Waals surface area contributed by atoms with E-state index in [1.165, 1.54) is 18.3 Å². The summed E-state index contributed by atoms with van der Waals surface area (Å²) in [4.78, 5) is 61.7. The molecule has 278 valence electrons. The Kier molecular flexibility index (Phi) is 16.3. The topological polar surface area (TPSA) is 141 Å². The largest absolute Gasteiger partial charge is 0.455 e. The summed E-state index contributed by atoms with van der Waals surface area (Å²) >= 11 is 1.24. The van der Waals surface area contributed by atoms with Gasteiger partial charge in [0, 0.05) is 44.5 Å². The highest BCUT2D eigenvalue weighted by atomic mass is 32.1. The second-order valence-electron chi connectivity index (χ2n) is 14.4. The molecule has 1 aromatic carbocycles. The molecule has 1 aromatic heterocycles. The Labute approximate surface area is 302 Å². The minimum absolute atomic E-state index is 0.00199. The van der Waals surface area contributed by atoms with Gasteiger partial charge in [-0.25, -0.2) is 4.98 Å². The SMILES string of the molecule is CC[C@H](C)C(NC(=O)C1CCCCN1C)C(=O)N(C)[C@H](C[C@@H](OC(C)=O)c1nc(C(=O)N[C@@H](Cc2ccccc2)C[C@H](C)CO)cs1)C(C)C. The van der Waals surface area contributed by atoms with Crippen molar-refractivity contribution in [3.05, 3.63) is 52.0 Å². The van der Waals surface area contributed by atoms with Crippen molar-refractivity contribution in [2.75, 3.05) is 27.2 Å². The van der Waals surface area contributed by atoms with Gasteiger partial charge in [0.1, 0.15) is 16.7 Å². The number of carbonyl (C=O) groups is 4. The van der Waals surface area contributed by atoms with Gasteiger partial charge < -0.3 is 25.4 Å². The van der Waals surface area contributed by atoms with Crippen molar-refractivity contribution in [2.24, 2.45) is 17.8 Å². The molecule has 7 atom stereocenters. The van der Waals surface area contributed by atoms with Crippen molar-refractivity contribution in [2.45, 2.75) is 117 Å². The molecule has 1 aliphatic rings. The molecule has 3 rings (SSSR count). The maximum absolute atomic E-state index is 14.2. The zero-order chi connectivity index (χ0) is 37.0. The summed E-state index contributed by atoms with van der Waals surface area (Å²) in [5, 5.41) is 18.0. The van der Waals surface area contributed by atoms with Gasteiger partial charge in [0.2, 0.25) is 11.8 Å². The first-order chi connectivity index (χ1) is 23.7. The zero-order valence-electron chi connectivity index (χ0n) is 31.2. The molecule has 0 aliphatic carbocycles. The molecule has 0 spiro atoms. The van der Waals surface area contributed by atoms with Crippen LogP contribution in [0.3, 0.4) is 0 Å². The van der Waals surface area contributed by atoms with Crippen LogP contribution >= 0.6 is 11.3 Å². The number of hydrogen-bond acceptors (Lipinski definition) is 9. The minimum atomic E-state index is -0.788. The number of aliphatic hydroxyl groups excluding tert-OH is 1. The van der Waals surface area contributed by atoms with Gasteiger partial charge in [-0.3, -0.25) is 24.1 Å². The Hall–Kier alpha value is -3.35. The van der Waals surface area contributed by atoms with Gasteiger partial charge in [-0.2, -0.15) is 0 Å². The van der Waals surface area contributed by atoms with Gasteiger partial charge >= 0.3 is 5.97 Å². The molecule has 2 unspecified atom stereocenters. The highest BCUT2D eigenvalue weighted by Crippen LogP contribution is 2.31. The van der Waals surface area contributed by atoms with E-state index in [2.05, 4.69) is 20.5 Å². The first-order valence-electron chi connectivity index (χ1n) is 18.1. The summed E-state index contributed by atoms with van der Waals surface area (Å²) in [6, 6.07) is 8.34. The number of benzene rings is 1. The molecular weight excluding hydrogens is 655 g/mol. The van der Waals surface area contributed by atoms with Crippen molar-refractivity contribution in [1.29, 1.82) is 0 Å². The number of piperidine rings is 1. The number of thiazole rings is 1. The molecular formula is C38H59N5O6S. The van der Waals surface area contributed by atoms with Crippen LogP contribution in [0.1, 0.15) is 107 Å². The molecule has 50 heavy (non-hydrogen) atoms. The highest BCUT2D eigenvalue weighted by Gasteiger charge is 2.37. The molecule has 3 N–H and O–H groups in total. The predicted molar refractivity (Wildman–Crippen MR) is 197 cm³/mol. The van der Waals surface area contributed by atoms with Crippen molar-refractivity contribution in [3.63, 3.8) is 0 Å². The van der Waals surface area contributed by atoms with Crippen molar-refractivity contribution < 1.29 is 29.0 Å². The number of esters is 1. The Morgan fingerprint density at radius 1 is 1.08 bits per heavy atom. The molecule has 1 aliphatic heterocycles. The molecule has 0 saturated carbocycles.